The molecule has 4 nitrogen and oxygen atoms in total. The maximum atomic E-state index is 14.1. The third-order valence-corrected chi connectivity index (χ3v) is 4.45. The number of nitrogens with one attached hydrogen (secondary N) is 1. The summed E-state index contributed by atoms with van der Waals surface area (Å²) in [6, 6.07) is 13.3. The molecule has 1 N–H and O–H groups in total. The Labute approximate surface area is 160 Å². The summed E-state index contributed by atoms with van der Waals surface area (Å²) in [4.78, 5) is 26.9. The molecule has 0 saturated heterocycles. The lowest BCUT2D eigenvalue weighted by Gasteiger charge is -2.29. The number of rotatable bonds is 8. The van der Waals surface area contributed by atoms with E-state index >= 15 is 0 Å². The smallest absolute Gasteiger partial charge is 0.242 e. The number of hydrogen-bond acceptors (Lipinski definition) is 2. The number of amides is 2. The van der Waals surface area contributed by atoms with E-state index < -0.39 is 6.04 Å². The van der Waals surface area contributed by atoms with E-state index in [-0.39, 0.29) is 30.6 Å². The lowest BCUT2D eigenvalue weighted by atomic mass is 10.1. The predicted octanol–water partition coefficient (Wildman–Crippen LogP) is 3.62. The van der Waals surface area contributed by atoms with Crippen LogP contribution in [0.2, 0.25) is 0 Å². The Balaban J connectivity index is 2.23. The van der Waals surface area contributed by atoms with Crippen LogP contribution in [0.4, 0.5) is 4.39 Å². The first-order valence-corrected chi connectivity index (χ1v) is 9.28. The highest BCUT2D eigenvalue weighted by atomic mass is 19.1. The average Bonchev–Trinajstić information content (AvgIpc) is 2.64. The van der Waals surface area contributed by atoms with Gasteiger partial charge in [-0.1, -0.05) is 55.0 Å². The molecule has 2 rings (SSSR count). The Morgan fingerprint density at radius 2 is 1.89 bits per heavy atom. The van der Waals surface area contributed by atoms with E-state index in [9.17, 15) is 14.0 Å². The van der Waals surface area contributed by atoms with Crippen LogP contribution in [0.3, 0.4) is 0 Å². The van der Waals surface area contributed by atoms with Crippen LogP contribution in [-0.4, -0.2) is 29.3 Å². The van der Waals surface area contributed by atoms with E-state index in [1.165, 1.54) is 11.0 Å². The second-order valence-corrected chi connectivity index (χ2v) is 6.75. The zero-order chi connectivity index (χ0) is 19.8. The van der Waals surface area contributed by atoms with E-state index in [0.29, 0.717) is 12.1 Å². The van der Waals surface area contributed by atoms with Gasteiger partial charge in [-0.2, -0.15) is 0 Å². The summed E-state index contributed by atoms with van der Waals surface area (Å²) in [5.41, 5.74) is 2.33. The first kappa shape index (κ1) is 20.6. The van der Waals surface area contributed by atoms with Crippen molar-refractivity contribution in [2.45, 2.75) is 46.2 Å². The van der Waals surface area contributed by atoms with Crippen molar-refractivity contribution in [1.29, 1.82) is 0 Å². The van der Waals surface area contributed by atoms with Crippen LogP contribution in [0, 0.1) is 12.7 Å². The topological polar surface area (TPSA) is 49.4 Å². The van der Waals surface area contributed by atoms with Crippen molar-refractivity contribution in [2.75, 3.05) is 6.54 Å². The number of carbonyl (C=O) groups excluding carboxylic acids is 2. The number of aryl methyl sites for hydroxylation is 1. The second-order valence-electron chi connectivity index (χ2n) is 6.75. The minimum absolute atomic E-state index is 0.0536. The average molecular weight is 370 g/mol. The van der Waals surface area contributed by atoms with Gasteiger partial charge in [0.2, 0.25) is 11.8 Å². The van der Waals surface area contributed by atoms with E-state index in [2.05, 4.69) is 5.32 Å². The number of halogens is 1. The predicted molar refractivity (Wildman–Crippen MR) is 105 cm³/mol. The van der Waals surface area contributed by atoms with Gasteiger partial charge in [0.25, 0.3) is 0 Å². The molecule has 2 aromatic carbocycles. The summed E-state index contributed by atoms with van der Waals surface area (Å²) >= 11 is 0. The first-order chi connectivity index (χ1) is 12.9. The molecule has 1 atom stereocenters. The van der Waals surface area contributed by atoms with E-state index in [1.54, 1.807) is 25.1 Å². The summed E-state index contributed by atoms with van der Waals surface area (Å²) in [5, 5.41) is 2.81. The molecule has 0 aliphatic rings. The van der Waals surface area contributed by atoms with Crippen molar-refractivity contribution >= 4 is 11.8 Å². The summed E-state index contributed by atoms with van der Waals surface area (Å²) < 4.78 is 14.1. The molecule has 0 saturated carbocycles. The fraction of sp³-hybridized carbons (Fsp3) is 0.364. The molecule has 0 unspecified atom stereocenters. The van der Waals surface area contributed by atoms with Gasteiger partial charge in [-0.25, -0.2) is 4.39 Å². The summed E-state index contributed by atoms with van der Waals surface area (Å²) in [5.74, 6) is -0.819. The van der Waals surface area contributed by atoms with Crippen molar-refractivity contribution in [3.8, 4) is 0 Å². The van der Waals surface area contributed by atoms with Crippen molar-refractivity contribution in [1.82, 2.24) is 10.2 Å². The van der Waals surface area contributed by atoms with Gasteiger partial charge >= 0.3 is 0 Å². The molecule has 0 aliphatic carbocycles. The molecule has 0 heterocycles. The second kappa shape index (κ2) is 9.86. The van der Waals surface area contributed by atoms with Gasteiger partial charge in [0, 0.05) is 18.7 Å². The molecule has 2 amide bonds. The van der Waals surface area contributed by atoms with Gasteiger partial charge in [-0.3, -0.25) is 9.59 Å². The Hall–Kier alpha value is -2.69. The molecule has 0 radical (unpaired) electrons. The van der Waals surface area contributed by atoms with Crippen molar-refractivity contribution < 1.29 is 14.0 Å². The maximum absolute atomic E-state index is 14.1. The van der Waals surface area contributed by atoms with E-state index in [1.807, 2.05) is 38.1 Å². The van der Waals surface area contributed by atoms with Crippen molar-refractivity contribution in [2.24, 2.45) is 0 Å². The monoisotopic (exact) mass is 370 g/mol. The minimum atomic E-state index is -0.687. The Morgan fingerprint density at radius 3 is 2.56 bits per heavy atom. The standard InChI is InChI=1S/C22H27FN2O2/c1-4-12-24-22(27)17(3)25(15-19-10-5-6-11-20(19)23)21(26)14-18-9-7-8-16(2)13-18/h5-11,13,17H,4,12,14-15H2,1-3H3,(H,24,27)/t17-/m1/s1. The van der Waals surface area contributed by atoms with Gasteiger partial charge in [-0.05, 0) is 31.9 Å². The van der Waals surface area contributed by atoms with Crippen LogP contribution >= 0.6 is 0 Å². The van der Waals surface area contributed by atoms with Crippen molar-refractivity contribution in [3.63, 3.8) is 0 Å². The lowest BCUT2D eigenvalue weighted by molar-refractivity contribution is -0.140. The lowest BCUT2D eigenvalue weighted by Crippen LogP contribution is -2.48. The number of nitrogens with zero attached hydrogens (tertiary/aromatic N) is 1. The third-order valence-electron chi connectivity index (χ3n) is 4.45. The molecule has 27 heavy (non-hydrogen) atoms. The Morgan fingerprint density at radius 1 is 1.15 bits per heavy atom. The molecule has 5 heteroatoms. The first-order valence-electron chi connectivity index (χ1n) is 9.28. The molecular weight excluding hydrogens is 343 g/mol. The number of benzene rings is 2. The van der Waals surface area contributed by atoms with Gasteiger partial charge in [0.05, 0.1) is 6.42 Å². The molecule has 0 bridgehead atoms. The third kappa shape index (κ3) is 5.91. The highest BCUT2D eigenvalue weighted by Gasteiger charge is 2.26. The molecular formula is C22H27FN2O2. The normalized spacial score (nSPS) is 11.7. The van der Waals surface area contributed by atoms with Crippen LogP contribution < -0.4 is 5.32 Å². The van der Waals surface area contributed by atoms with Crippen LogP contribution in [-0.2, 0) is 22.6 Å². The molecule has 0 aromatic heterocycles. The molecule has 0 aliphatic heterocycles. The summed E-state index contributed by atoms with van der Waals surface area (Å²) in [6.45, 7) is 6.21. The Kier molecular flexibility index (Phi) is 7.53. The molecule has 2 aromatic rings. The maximum Gasteiger partial charge on any atom is 0.242 e. The number of hydrogen-bond donors (Lipinski definition) is 1. The molecule has 0 fully saturated rings. The van der Waals surface area contributed by atoms with Crippen LogP contribution in [0.5, 0.6) is 0 Å². The fourth-order valence-corrected chi connectivity index (χ4v) is 2.89. The Bertz CT molecular complexity index is 791. The van der Waals surface area contributed by atoms with Crippen LogP contribution in [0.25, 0.3) is 0 Å². The largest absolute Gasteiger partial charge is 0.354 e. The zero-order valence-corrected chi connectivity index (χ0v) is 16.2. The molecule has 144 valence electrons. The quantitative estimate of drug-likeness (QED) is 0.772. The zero-order valence-electron chi connectivity index (χ0n) is 16.2. The SMILES string of the molecule is CCCNC(=O)[C@@H](C)N(Cc1ccccc1F)C(=O)Cc1cccc(C)c1. The van der Waals surface area contributed by atoms with Crippen molar-refractivity contribution in [3.05, 3.63) is 71.0 Å². The van der Waals surface area contributed by atoms with E-state index in [4.69, 9.17) is 0 Å². The van der Waals surface area contributed by atoms with E-state index in [0.717, 1.165) is 17.5 Å². The number of carbonyl (C=O) groups is 2. The van der Waals surface area contributed by atoms with Gasteiger partial charge in [0.15, 0.2) is 0 Å². The summed E-state index contributed by atoms with van der Waals surface area (Å²) in [6.07, 6.45) is 0.977. The highest BCUT2D eigenvalue weighted by Crippen LogP contribution is 2.15. The summed E-state index contributed by atoms with van der Waals surface area (Å²) in [7, 11) is 0. The van der Waals surface area contributed by atoms with Crippen LogP contribution in [0.15, 0.2) is 48.5 Å². The highest BCUT2D eigenvalue weighted by molar-refractivity contribution is 5.88. The molecule has 0 spiro atoms. The minimum Gasteiger partial charge on any atom is -0.354 e. The fourth-order valence-electron chi connectivity index (χ4n) is 2.89. The van der Waals surface area contributed by atoms with Gasteiger partial charge in [-0.15, -0.1) is 0 Å². The van der Waals surface area contributed by atoms with Crippen LogP contribution in [0.1, 0.15) is 37.0 Å². The van der Waals surface area contributed by atoms with Gasteiger partial charge in [0.1, 0.15) is 11.9 Å². The van der Waals surface area contributed by atoms with Gasteiger partial charge < -0.3 is 10.2 Å².